The fraction of sp³-hybridized carbons (Fsp3) is 0.161. The maximum atomic E-state index is 13.8. The van der Waals surface area contributed by atoms with Crippen molar-refractivity contribution in [2.75, 3.05) is 7.11 Å². The number of methoxy groups -OCH3 is 1. The van der Waals surface area contributed by atoms with E-state index in [9.17, 15) is 9.59 Å². The summed E-state index contributed by atoms with van der Waals surface area (Å²) in [5.41, 5.74) is 3.44. The fourth-order valence-corrected chi connectivity index (χ4v) is 4.25. The Kier molecular flexibility index (Phi) is 8.95. The van der Waals surface area contributed by atoms with Gasteiger partial charge in [-0.05, 0) is 46.5 Å². The molecule has 5 nitrogen and oxygen atoms in total. The number of carbonyl (C=O) groups is 2. The van der Waals surface area contributed by atoms with Crippen LogP contribution in [0.15, 0.2) is 109 Å². The van der Waals surface area contributed by atoms with Gasteiger partial charge < -0.3 is 15.0 Å². The van der Waals surface area contributed by atoms with E-state index in [4.69, 9.17) is 16.3 Å². The van der Waals surface area contributed by atoms with Crippen molar-refractivity contribution in [1.82, 2.24) is 10.2 Å². The number of ether oxygens (including phenoxy) is 1. The molecule has 6 heteroatoms. The third-order valence-electron chi connectivity index (χ3n) is 6.09. The molecule has 188 valence electrons. The molecule has 1 N–H and O–H groups in total. The number of nitrogens with zero attached hydrogens (tertiary/aromatic N) is 1. The Hall–Kier alpha value is -4.09. The van der Waals surface area contributed by atoms with Gasteiger partial charge in [0.2, 0.25) is 11.8 Å². The minimum absolute atomic E-state index is 0.141. The van der Waals surface area contributed by atoms with Crippen LogP contribution in [-0.4, -0.2) is 23.8 Å². The van der Waals surface area contributed by atoms with Gasteiger partial charge in [0.15, 0.2) is 0 Å². The minimum atomic E-state index is -0.813. The number of hydrogen-bond acceptors (Lipinski definition) is 3. The maximum absolute atomic E-state index is 13.8. The van der Waals surface area contributed by atoms with Crippen LogP contribution in [0.3, 0.4) is 0 Å². The van der Waals surface area contributed by atoms with Gasteiger partial charge in [-0.3, -0.25) is 9.59 Å². The Morgan fingerprint density at radius 2 is 1.38 bits per heavy atom. The molecule has 0 unspecified atom stereocenters. The molecule has 4 aromatic carbocycles. The zero-order valence-corrected chi connectivity index (χ0v) is 21.4. The van der Waals surface area contributed by atoms with Crippen molar-refractivity contribution >= 4 is 23.4 Å². The third kappa shape index (κ3) is 7.21. The van der Waals surface area contributed by atoms with Gasteiger partial charge in [-0.2, -0.15) is 0 Å². The van der Waals surface area contributed by atoms with E-state index in [1.807, 2.05) is 97.1 Å². The summed E-state index contributed by atoms with van der Waals surface area (Å²) >= 11 is 6.04. The van der Waals surface area contributed by atoms with E-state index in [1.54, 1.807) is 24.1 Å². The van der Waals surface area contributed by atoms with Crippen LogP contribution in [0.2, 0.25) is 5.02 Å². The predicted molar refractivity (Wildman–Crippen MR) is 146 cm³/mol. The Bertz CT molecular complexity index is 1290. The van der Waals surface area contributed by atoms with Crippen molar-refractivity contribution in [2.45, 2.75) is 25.6 Å². The third-order valence-corrected chi connectivity index (χ3v) is 6.34. The first-order valence-corrected chi connectivity index (χ1v) is 12.4. The summed E-state index contributed by atoms with van der Waals surface area (Å²) in [5.74, 6) is 0.317. The number of rotatable bonds is 10. The lowest BCUT2D eigenvalue weighted by atomic mass is 10.0. The van der Waals surface area contributed by atoms with Crippen molar-refractivity contribution in [3.8, 4) is 5.75 Å². The Morgan fingerprint density at radius 1 is 0.784 bits per heavy atom. The second-order valence-corrected chi connectivity index (χ2v) is 9.13. The smallest absolute Gasteiger partial charge is 0.247 e. The zero-order valence-electron chi connectivity index (χ0n) is 20.6. The maximum Gasteiger partial charge on any atom is 0.247 e. The summed E-state index contributed by atoms with van der Waals surface area (Å²) in [7, 11) is 1.61. The molecule has 0 saturated carbocycles. The molecule has 0 aromatic heterocycles. The quantitative estimate of drug-likeness (QED) is 0.284. The van der Waals surface area contributed by atoms with Gasteiger partial charge in [0.1, 0.15) is 11.8 Å². The van der Waals surface area contributed by atoms with Crippen LogP contribution < -0.4 is 10.1 Å². The van der Waals surface area contributed by atoms with Gasteiger partial charge >= 0.3 is 0 Å². The molecule has 2 amide bonds. The van der Waals surface area contributed by atoms with Gasteiger partial charge in [0, 0.05) is 18.1 Å². The topological polar surface area (TPSA) is 58.6 Å². The van der Waals surface area contributed by atoms with Crippen molar-refractivity contribution in [3.05, 3.63) is 136 Å². The van der Waals surface area contributed by atoms with Gasteiger partial charge in [0.25, 0.3) is 0 Å². The summed E-state index contributed by atoms with van der Waals surface area (Å²) in [6.07, 6.45) is 0.141. The molecule has 0 aliphatic carbocycles. The normalized spacial score (nSPS) is 11.4. The first kappa shape index (κ1) is 26.0. The molecule has 37 heavy (non-hydrogen) atoms. The van der Waals surface area contributed by atoms with Crippen LogP contribution in [-0.2, 0) is 29.1 Å². The molecule has 0 aliphatic rings. The van der Waals surface area contributed by atoms with Gasteiger partial charge in [-0.15, -0.1) is 0 Å². The lowest BCUT2D eigenvalue weighted by molar-refractivity contribution is -0.141. The number of nitrogens with one attached hydrogen (secondary N) is 1. The molecule has 4 rings (SSSR count). The summed E-state index contributed by atoms with van der Waals surface area (Å²) < 4.78 is 5.28. The molecular formula is C31H29ClN2O3. The molecule has 0 saturated heterocycles. The Morgan fingerprint density at radius 3 is 2.00 bits per heavy atom. The van der Waals surface area contributed by atoms with E-state index in [0.29, 0.717) is 11.6 Å². The highest BCUT2D eigenvalue weighted by molar-refractivity contribution is 6.30. The van der Waals surface area contributed by atoms with Crippen LogP contribution in [0.4, 0.5) is 0 Å². The molecule has 1 atom stereocenters. The first-order valence-electron chi connectivity index (χ1n) is 12.1. The summed E-state index contributed by atoms with van der Waals surface area (Å²) in [5, 5.41) is 3.64. The molecule has 0 spiro atoms. The van der Waals surface area contributed by atoms with Gasteiger partial charge in [-0.25, -0.2) is 0 Å². The average Bonchev–Trinajstić information content (AvgIpc) is 2.94. The number of benzene rings is 4. The van der Waals surface area contributed by atoms with Crippen molar-refractivity contribution in [2.24, 2.45) is 0 Å². The van der Waals surface area contributed by atoms with Gasteiger partial charge in [-0.1, -0.05) is 96.5 Å². The van der Waals surface area contributed by atoms with E-state index in [0.717, 1.165) is 28.0 Å². The molecule has 0 bridgehead atoms. The van der Waals surface area contributed by atoms with Crippen LogP contribution in [0, 0.1) is 0 Å². The molecule has 0 aliphatic heterocycles. The molecule has 4 aromatic rings. The number of halogens is 1. The SMILES string of the molecule is COc1ccc(CN(C(=O)Cc2ccc(Cl)cc2)[C@@H](C(=O)NCc2ccccc2)c2ccccc2)cc1. The van der Waals surface area contributed by atoms with E-state index < -0.39 is 6.04 Å². The first-order chi connectivity index (χ1) is 18.0. The van der Waals surface area contributed by atoms with Crippen molar-refractivity contribution < 1.29 is 14.3 Å². The van der Waals surface area contributed by atoms with Crippen LogP contribution in [0.1, 0.15) is 28.3 Å². The fourth-order valence-electron chi connectivity index (χ4n) is 4.12. The summed E-state index contributed by atoms with van der Waals surface area (Å²) in [6, 6.07) is 33.0. The Balaban J connectivity index is 1.67. The molecule has 0 fully saturated rings. The van der Waals surface area contributed by atoms with E-state index >= 15 is 0 Å². The monoisotopic (exact) mass is 512 g/mol. The van der Waals surface area contributed by atoms with Crippen LogP contribution in [0.25, 0.3) is 0 Å². The molecular weight excluding hydrogens is 484 g/mol. The average molecular weight is 513 g/mol. The molecule has 0 heterocycles. The van der Waals surface area contributed by atoms with Gasteiger partial charge in [0.05, 0.1) is 13.5 Å². The second kappa shape index (κ2) is 12.7. The summed E-state index contributed by atoms with van der Waals surface area (Å²) in [4.78, 5) is 29.2. The highest BCUT2D eigenvalue weighted by Gasteiger charge is 2.31. The van der Waals surface area contributed by atoms with Crippen molar-refractivity contribution in [3.63, 3.8) is 0 Å². The lowest BCUT2D eigenvalue weighted by Crippen LogP contribution is -2.43. The zero-order chi connectivity index (χ0) is 26.0. The second-order valence-electron chi connectivity index (χ2n) is 8.69. The van der Waals surface area contributed by atoms with E-state index in [1.165, 1.54) is 0 Å². The van der Waals surface area contributed by atoms with E-state index in [2.05, 4.69) is 5.32 Å². The Labute approximate surface area is 222 Å². The summed E-state index contributed by atoms with van der Waals surface area (Å²) in [6.45, 7) is 0.624. The van der Waals surface area contributed by atoms with Crippen LogP contribution in [0.5, 0.6) is 5.75 Å². The standard InChI is InChI=1S/C31H29ClN2O3/c1-37-28-18-14-25(15-19-28)22-34(29(35)20-23-12-16-27(32)17-13-23)30(26-10-6-3-7-11-26)31(36)33-21-24-8-4-2-5-9-24/h2-19,30H,20-22H2,1H3,(H,33,36)/t30-/m1/s1. The number of hydrogen-bond donors (Lipinski definition) is 1. The number of carbonyl (C=O) groups excluding carboxylic acids is 2. The van der Waals surface area contributed by atoms with Crippen LogP contribution >= 0.6 is 11.6 Å². The van der Waals surface area contributed by atoms with Crippen molar-refractivity contribution in [1.29, 1.82) is 0 Å². The highest BCUT2D eigenvalue weighted by Crippen LogP contribution is 2.26. The number of amides is 2. The predicted octanol–water partition coefficient (Wildman–Crippen LogP) is 5.98. The van der Waals surface area contributed by atoms with E-state index in [-0.39, 0.29) is 24.8 Å². The lowest BCUT2D eigenvalue weighted by Gasteiger charge is -2.32. The highest BCUT2D eigenvalue weighted by atomic mass is 35.5. The largest absolute Gasteiger partial charge is 0.497 e. The minimum Gasteiger partial charge on any atom is -0.497 e. The molecule has 0 radical (unpaired) electrons.